The highest BCUT2D eigenvalue weighted by Gasteiger charge is 2.27. The molecule has 1 aromatic carbocycles. The summed E-state index contributed by atoms with van der Waals surface area (Å²) in [7, 11) is 1.20. The second-order valence-corrected chi connectivity index (χ2v) is 9.44. The van der Waals surface area contributed by atoms with Crippen LogP contribution in [0.1, 0.15) is 61.4 Å². The summed E-state index contributed by atoms with van der Waals surface area (Å²) in [6.07, 6.45) is 1.31. The summed E-state index contributed by atoms with van der Waals surface area (Å²) < 4.78 is 9.96. The number of amides is 2. The van der Waals surface area contributed by atoms with E-state index in [9.17, 15) is 19.5 Å². The number of phenolic OH excluding ortho intramolecular Hbond substituents is 1. The van der Waals surface area contributed by atoms with Crippen molar-refractivity contribution in [3.63, 3.8) is 0 Å². The number of hydrogen-bond acceptors (Lipinski definition) is 9. The number of esters is 1. The Morgan fingerprint density at radius 3 is 2.51 bits per heavy atom. The predicted molar refractivity (Wildman–Crippen MR) is 139 cm³/mol. The van der Waals surface area contributed by atoms with Crippen LogP contribution in [0.4, 0.5) is 10.7 Å². The number of rotatable bonds is 11. The van der Waals surface area contributed by atoms with Gasteiger partial charge < -0.3 is 30.5 Å². The lowest BCUT2D eigenvalue weighted by molar-refractivity contribution is -0.142. The van der Waals surface area contributed by atoms with Crippen LogP contribution in [0.15, 0.2) is 24.3 Å². The SMILES string of the molecule is CCc1nc(NCCCc2cccc(O)c2)nc(C)c1C(=O)N[C@@H](CNC(=O)OC(C)(C)C)C(=O)OC. The number of nitrogens with one attached hydrogen (secondary N) is 3. The Kier molecular flexibility index (Phi) is 10.6. The highest BCUT2D eigenvalue weighted by molar-refractivity contribution is 5.98. The molecule has 0 radical (unpaired) electrons. The topological polar surface area (TPSA) is 152 Å². The molecule has 0 unspecified atom stereocenters. The van der Waals surface area contributed by atoms with E-state index in [0.29, 0.717) is 30.3 Å². The van der Waals surface area contributed by atoms with Gasteiger partial charge in [-0.25, -0.2) is 19.6 Å². The van der Waals surface area contributed by atoms with Crippen LogP contribution >= 0.6 is 0 Å². The molecule has 202 valence electrons. The first kappa shape index (κ1) is 29.3. The van der Waals surface area contributed by atoms with E-state index in [-0.39, 0.29) is 17.9 Å². The number of methoxy groups -OCH3 is 1. The van der Waals surface area contributed by atoms with Gasteiger partial charge in [0.1, 0.15) is 17.4 Å². The van der Waals surface area contributed by atoms with Crippen LogP contribution in [0.3, 0.4) is 0 Å². The molecule has 1 aromatic heterocycles. The van der Waals surface area contributed by atoms with E-state index in [2.05, 4.69) is 25.9 Å². The summed E-state index contributed by atoms with van der Waals surface area (Å²) in [6.45, 7) is 9.10. The molecule has 0 bridgehead atoms. The molecule has 2 amide bonds. The third-order valence-corrected chi connectivity index (χ3v) is 5.20. The van der Waals surface area contributed by atoms with Gasteiger partial charge in [-0.15, -0.1) is 0 Å². The second-order valence-electron chi connectivity index (χ2n) is 9.44. The van der Waals surface area contributed by atoms with Gasteiger partial charge in [-0.05, 0) is 64.7 Å². The van der Waals surface area contributed by atoms with Crippen molar-refractivity contribution in [2.24, 2.45) is 0 Å². The van der Waals surface area contributed by atoms with Crippen molar-refractivity contribution in [3.05, 3.63) is 46.8 Å². The maximum Gasteiger partial charge on any atom is 0.407 e. The number of carbonyl (C=O) groups is 3. The minimum Gasteiger partial charge on any atom is -0.508 e. The van der Waals surface area contributed by atoms with E-state index in [1.54, 1.807) is 45.9 Å². The summed E-state index contributed by atoms with van der Waals surface area (Å²) >= 11 is 0. The number of phenols is 1. The number of aromatic hydroxyl groups is 1. The van der Waals surface area contributed by atoms with E-state index in [4.69, 9.17) is 9.47 Å². The maximum absolute atomic E-state index is 13.1. The van der Waals surface area contributed by atoms with Crippen LogP contribution < -0.4 is 16.0 Å². The molecule has 0 saturated heterocycles. The first-order chi connectivity index (χ1) is 17.4. The molecule has 0 fully saturated rings. The van der Waals surface area contributed by atoms with Crippen molar-refractivity contribution < 1.29 is 29.0 Å². The van der Waals surface area contributed by atoms with Gasteiger partial charge in [0.15, 0.2) is 0 Å². The minimum absolute atomic E-state index is 0.215. The molecule has 37 heavy (non-hydrogen) atoms. The summed E-state index contributed by atoms with van der Waals surface area (Å²) in [6, 6.07) is 5.99. The highest BCUT2D eigenvalue weighted by Crippen LogP contribution is 2.16. The number of carbonyl (C=O) groups excluding carboxylic acids is 3. The molecule has 11 heteroatoms. The van der Waals surface area contributed by atoms with Crippen LogP contribution in [0.5, 0.6) is 5.75 Å². The Hall–Kier alpha value is -3.89. The molecule has 2 aromatic rings. The quantitative estimate of drug-likeness (QED) is 0.261. The lowest BCUT2D eigenvalue weighted by atomic mass is 10.1. The number of nitrogens with zero attached hydrogens (tertiary/aromatic N) is 2. The first-order valence-electron chi connectivity index (χ1n) is 12.2. The molecule has 2 rings (SSSR count). The normalized spacial score (nSPS) is 11.8. The van der Waals surface area contributed by atoms with Gasteiger partial charge in [0.25, 0.3) is 5.91 Å². The largest absolute Gasteiger partial charge is 0.508 e. The number of ether oxygens (including phenoxy) is 2. The first-order valence-corrected chi connectivity index (χ1v) is 12.2. The van der Waals surface area contributed by atoms with Crippen LogP contribution in [0, 0.1) is 6.92 Å². The molecule has 0 aliphatic rings. The molecule has 1 heterocycles. The fraction of sp³-hybridized carbons (Fsp3) is 0.500. The van der Waals surface area contributed by atoms with Gasteiger partial charge in [-0.2, -0.15) is 0 Å². The molecule has 0 aliphatic heterocycles. The lowest BCUT2D eigenvalue weighted by Gasteiger charge is -2.22. The third-order valence-electron chi connectivity index (χ3n) is 5.20. The zero-order chi connectivity index (χ0) is 27.6. The van der Waals surface area contributed by atoms with Gasteiger partial charge in [-0.3, -0.25) is 4.79 Å². The van der Waals surface area contributed by atoms with Crippen LogP contribution in [-0.2, 0) is 27.1 Å². The van der Waals surface area contributed by atoms with Crippen molar-refractivity contribution >= 4 is 23.9 Å². The monoisotopic (exact) mass is 515 g/mol. The van der Waals surface area contributed by atoms with Gasteiger partial charge in [0.2, 0.25) is 5.95 Å². The van der Waals surface area contributed by atoms with E-state index < -0.39 is 29.6 Å². The zero-order valence-electron chi connectivity index (χ0n) is 22.3. The Labute approximate surface area is 217 Å². The number of anilines is 1. The van der Waals surface area contributed by atoms with E-state index in [1.807, 2.05) is 13.0 Å². The van der Waals surface area contributed by atoms with E-state index >= 15 is 0 Å². The van der Waals surface area contributed by atoms with Crippen LogP contribution in [-0.4, -0.2) is 64.9 Å². The van der Waals surface area contributed by atoms with Crippen molar-refractivity contribution in [2.75, 3.05) is 25.5 Å². The second kappa shape index (κ2) is 13.4. The Balaban J connectivity index is 2.05. The average Bonchev–Trinajstić information content (AvgIpc) is 2.82. The summed E-state index contributed by atoms with van der Waals surface area (Å²) in [4.78, 5) is 46.3. The van der Waals surface area contributed by atoms with Crippen molar-refractivity contribution in [3.8, 4) is 5.75 Å². The summed E-state index contributed by atoms with van der Waals surface area (Å²) in [5, 5.41) is 17.8. The molecular formula is C26H37N5O6. The molecule has 1 atom stereocenters. The average molecular weight is 516 g/mol. The van der Waals surface area contributed by atoms with Crippen molar-refractivity contribution in [1.82, 2.24) is 20.6 Å². The van der Waals surface area contributed by atoms with Crippen molar-refractivity contribution in [1.29, 1.82) is 0 Å². The Morgan fingerprint density at radius 2 is 1.89 bits per heavy atom. The zero-order valence-corrected chi connectivity index (χ0v) is 22.3. The minimum atomic E-state index is -1.13. The number of hydrogen-bond donors (Lipinski definition) is 4. The number of alkyl carbamates (subject to hydrolysis) is 1. The fourth-order valence-electron chi connectivity index (χ4n) is 3.53. The smallest absolute Gasteiger partial charge is 0.407 e. The fourth-order valence-corrected chi connectivity index (χ4v) is 3.53. The lowest BCUT2D eigenvalue weighted by Crippen LogP contribution is -2.50. The number of aromatic nitrogens is 2. The van der Waals surface area contributed by atoms with E-state index in [0.717, 1.165) is 18.4 Å². The van der Waals surface area contributed by atoms with Gasteiger partial charge in [0, 0.05) is 6.54 Å². The maximum atomic E-state index is 13.1. The van der Waals surface area contributed by atoms with Crippen LogP contribution in [0.25, 0.3) is 0 Å². The number of aryl methyl sites for hydroxylation is 3. The molecule has 11 nitrogen and oxygen atoms in total. The van der Waals surface area contributed by atoms with Crippen LogP contribution in [0.2, 0.25) is 0 Å². The number of benzene rings is 1. The van der Waals surface area contributed by atoms with Crippen molar-refractivity contribution in [2.45, 2.75) is 65.5 Å². The Morgan fingerprint density at radius 1 is 1.16 bits per heavy atom. The molecule has 0 spiro atoms. The Bertz CT molecular complexity index is 1100. The summed E-state index contributed by atoms with van der Waals surface area (Å²) in [5.41, 5.74) is 1.55. The third kappa shape index (κ3) is 9.59. The van der Waals surface area contributed by atoms with Gasteiger partial charge >= 0.3 is 12.1 Å². The van der Waals surface area contributed by atoms with E-state index in [1.165, 1.54) is 7.11 Å². The van der Waals surface area contributed by atoms with Gasteiger partial charge in [0.05, 0.1) is 30.6 Å². The highest BCUT2D eigenvalue weighted by atomic mass is 16.6. The standard InChI is InChI=1S/C26H37N5O6/c1-7-19-21(22(33)30-20(23(34)36-6)15-28-25(35)37-26(3,4)5)16(2)29-24(31-19)27-13-9-11-17-10-8-12-18(32)14-17/h8,10,12,14,20,32H,7,9,11,13,15H2,1-6H3,(H,28,35)(H,30,33)(H,27,29,31)/t20-/m0/s1. The molecule has 0 aliphatic carbocycles. The predicted octanol–water partition coefficient (Wildman–Crippen LogP) is 2.89. The molecule has 0 saturated carbocycles. The molecule has 4 N–H and O–H groups in total. The molecular weight excluding hydrogens is 478 g/mol. The van der Waals surface area contributed by atoms with Gasteiger partial charge in [-0.1, -0.05) is 19.1 Å². The summed E-state index contributed by atoms with van der Waals surface area (Å²) in [5.74, 6) is -0.629.